The van der Waals surface area contributed by atoms with Gasteiger partial charge in [0.15, 0.2) is 5.58 Å². The van der Waals surface area contributed by atoms with Crippen LogP contribution in [0.1, 0.15) is 10.4 Å². The molecule has 0 fully saturated rings. The van der Waals surface area contributed by atoms with Crippen molar-refractivity contribution in [2.75, 3.05) is 5.32 Å². The average molecular weight is 390 g/mol. The average Bonchev–Trinajstić information content (AvgIpc) is 3.24. The van der Waals surface area contributed by atoms with Gasteiger partial charge in [0, 0.05) is 16.8 Å². The van der Waals surface area contributed by atoms with Gasteiger partial charge in [0.05, 0.1) is 0 Å². The minimum Gasteiger partial charge on any atom is -0.436 e. The molecule has 0 spiro atoms. The van der Waals surface area contributed by atoms with E-state index in [2.05, 4.69) is 10.3 Å². The van der Waals surface area contributed by atoms with E-state index in [9.17, 15) is 4.79 Å². The SMILES string of the molecule is O=C(Nc1ccc2oc(-c3ccccc3)nc2c1)c1ccc(-c2ccccc2)cc1. The molecule has 4 nitrogen and oxygen atoms in total. The molecule has 1 heterocycles. The Kier molecular flexibility index (Phi) is 4.58. The van der Waals surface area contributed by atoms with Crippen molar-refractivity contribution in [2.24, 2.45) is 0 Å². The van der Waals surface area contributed by atoms with Crippen molar-refractivity contribution in [3.63, 3.8) is 0 Å². The van der Waals surface area contributed by atoms with Gasteiger partial charge in [0.2, 0.25) is 5.89 Å². The van der Waals surface area contributed by atoms with Crippen LogP contribution in [0.3, 0.4) is 0 Å². The smallest absolute Gasteiger partial charge is 0.255 e. The highest BCUT2D eigenvalue weighted by Crippen LogP contribution is 2.26. The fraction of sp³-hybridized carbons (Fsp3) is 0. The first-order chi connectivity index (χ1) is 14.8. The molecule has 0 radical (unpaired) electrons. The Hall–Kier alpha value is -4.18. The Morgan fingerprint density at radius 2 is 1.33 bits per heavy atom. The van der Waals surface area contributed by atoms with E-state index in [1.165, 1.54) is 0 Å². The summed E-state index contributed by atoms with van der Waals surface area (Å²) in [5, 5.41) is 2.94. The van der Waals surface area contributed by atoms with Gasteiger partial charge in [0.25, 0.3) is 5.91 Å². The van der Waals surface area contributed by atoms with Crippen LogP contribution in [0, 0.1) is 0 Å². The van der Waals surface area contributed by atoms with E-state index < -0.39 is 0 Å². The van der Waals surface area contributed by atoms with E-state index in [0.717, 1.165) is 16.7 Å². The molecule has 0 bridgehead atoms. The number of carbonyl (C=O) groups is 1. The molecular formula is C26H18N2O2. The second-order valence-corrected chi connectivity index (χ2v) is 6.97. The molecular weight excluding hydrogens is 372 g/mol. The molecule has 1 N–H and O–H groups in total. The molecule has 1 aromatic heterocycles. The molecule has 30 heavy (non-hydrogen) atoms. The molecule has 0 aliphatic carbocycles. The Balaban J connectivity index is 1.35. The summed E-state index contributed by atoms with van der Waals surface area (Å²) in [5.41, 5.74) is 5.76. The number of nitrogens with zero attached hydrogens (tertiary/aromatic N) is 1. The van der Waals surface area contributed by atoms with E-state index in [1.807, 2.05) is 103 Å². The molecule has 5 aromatic rings. The standard InChI is InChI=1S/C26H18N2O2/c29-25(20-13-11-19(12-14-20)18-7-3-1-4-8-18)27-22-15-16-24-23(17-22)28-26(30-24)21-9-5-2-6-10-21/h1-17H,(H,27,29). The van der Waals surface area contributed by atoms with Gasteiger partial charge in [-0.25, -0.2) is 4.98 Å². The summed E-state index contributed by atoms with van der Waals surface area (Å²) < 4.78 is 5.83. The zero-order valence-corrected chi connectivity index (χ0v) is 16.1. The lowest BCUT2D eigenvalue weighted by Crippen LogP contribution is -2.11. The zero-order valence-electron chi connectivity index (χ0n) is 16.1. The topological polar surface area (TPSA) is 55.1 Å². The number of benzene rings is 4. The van der Waals surface area contributed by atoms with Gasteiger partial charge < -0.3 is 9.73 Å². The van der Waals surface area contributed by atoms with Crippen molar-refractivity contribution in [1.29, 1.82) is 0 Å². The third kappa shape index (κ3) is 3.59. The summed E-state index contributed by atoms with van der Waals surface area (Å²) in [6.45, 7) is 0. The first-order valence-electron chi connectivity index (χ1n) is 9.69. The third-order valence-corrected chi connectivity index (χ3v) is 4.92. The van der Waals surface area contributed by atoms with Gasteiger partial charge in [-0.15, -0.1) is 0 Å². The maximum atomic E-state index is 12.7. The summed E-state index contributed by atoms with van der Waals surface area (Å²) in [5.74, 6) is 0.395. The number of rotatable bonds is 4. The van der Waals surface area contributed by atoms with Crippen LogP contribution in [-0.4, -0.2) is 10.9 Å². The Morgan fingerprint density at radius 1 is 0.700 bits per heavy atom. The van der Waals surface area contributed by atoms with E-state index >= 15 is 0 Å². The quantitative estimate of drug-likeness (QED) is 0.385. The number of hydrogen-bond donors (Lipinski definition) is 1. The number of nitrogens with one attached hydrogen (secondary N) is 1. The van der Waals surface area contributed by atoms with Gasteiger partial charge in [-0.2, -0.15) is 0 Å². The Morgan fingerprint density at radius 3 is 2.03 bits per heavy atom. The van der Waals surface area contributed by atoms with Crippen molar-refractivity contribution in [1.82, 2.24) is 4.98 Å². The number of anilines is 1. The zero-order chi connectivity index (χ0) is 20.3. The predicted molar refractivity (Wildman–Crippen MR) is 119 cm³/mol. The number of oxazole rings is 1. The molecule has 0 aliphatic heterocycles. The molecule has 0 aliphatic rings. The fourth-order valence-corrected chi connectivity index (χ4v) is 3.36. The van der Waals surface area contributed by atoms with E-state index in [-0.39, 0.29) is 5.91 Å². The Bertz CT molecular complexity index is 1310. The van der Waals surface area contributed by atoms with E-state index in [4.69, 9.17) is 4.42 Å². The lowest BCUT2D eigenvalue weighted by molar-refractivity contribution is 0.102. The maximum absolute atomic E-state index is 12.7. The normalized spacial score (nSPS) is 10.8. The summed E-state index contributed by atoms with van der Waals surface area (Å²) >= 11 is 0. The van der Waals surface area contributed by atoms with Crippen LogP contribution in [0.25, 0.3) is 33.7 Å². The molecule has 0 atom stereocenters. The maximum Gasteiger partial charge on any atom is 0.255 e. The molecule has 4 heteroatoms. The van der Waals surface area contributed by atoms with Gasteiger partial charge in [-0.3, -0.25) is 4.79 Å². The molecule has 5 rings (SSSR count). The van der Waals surface area contributed by atoms with Gasteiger partial charge in [0.1, 0.15) is 5.52 Å². The van der Waals surface area contributed by atoms with E-state index in [0.29, 0.717) is 28.2 Å². The highest BCUT2D eigenvalue weighted by Gasteiger charge is 2.11. The van der Waals surface area contributed by atoms with Crippen LogP contribution in [0.5, 0.6) is 0 Å². The number of fused-ring (bicyclic) bond motifs is 1. The molecule has 1 amide bonds. The van der Waals surface area contributed by atoms with Gasteiger partial charge in [-0.1, -0.05) is 60.7 Å². The number of carbonyl (C=O) groups excluding carboxylic acids is 1. The lowest BCUT2D eigenvalue weighted by atomic mass is 10.0. The number of aromatic nitrogens is 1. The first-order valence-corrected chi connectivity index (χ1v) is 9.69. The minimum absolute atomic E-state index is 0.166. The van der Waals surface area contributed by atoms with Crippen LogP contribution in [0.4, 0.5) is 5.69 Å². The summed E-state index contributed by atoms with van der Waals surface area (Å²) in [4.78, 5) is 17.2. The summed E-state index contributed by atoms with van der Waals surface area (Å²) in [6, 6.07) is 32.9. The molecule has 0 saturated heterocycles. The van der Waals surface area contributed by atoms with E-state index in [1.54, 1.807) is 0 Å². The van der Waals surface area contributed by atoms with Crippen LogP contribution in [0.15, 0.2) is 108 Å². The van der Waals surface area contributed by atoms with Gasteiger partial charge in [-0.05, 0) is 53.6 Å². The van der Waals surface area contributed by atoms with Crippen LogP contribution < -0.4 is 5.32 Å². The number of hydrogen-bond acceptors (Lipinski definition) is 3. The second-order valence-electron chi connectivity index (χ2n) is 6.97. The predicted octanol–water partition coefficient (Wildman–Crippen LogP) is 6.41. The first kappa shape index (κ1) is 17.9. The van der Waals surface area contributed by atoms with Crippen LogP contribution in [0.2, 0.25) is 0 Å². The van der Waals surface area contributed by atoms with Crippen molar-refractivity contribution < 1.29 is 9.21 Å². The highest BCUT2D eigenvalue weighted by molar-refractivity contribution is 6.05. The van der Waals surface area contributed by atoms with Crippen molar-refractivity contribution in [3.05, 3.63) is 109 Å². The molecule has 0 saturated carbocycles. The monoisotopic (exact) mass is 390 g/mol. The van der Waals surface area contributed by atoms with Crippen LogP contribution in [-0.2, 0) is 0 Å². The second kappa shape index (κ2) is 7.68. The molecule has 4 aromatic carbocycles. The van der Waals surface area contributed by atoms with Gasteiger partial charge >= 0.3 is 0 Å². The summed E-state index contributed by atoms with van der Waals surface area (Å²) in [6.07, 6.45) is 0. The molecule has 0 unspecified atom stereocenters. The summed E-state index contributed by atoms with van der Waals surface area (Å²) in [7, 11) is 0. The largest absolute Gasteiger partial charge is 0.436 e. The highest BCUT2D eigenvalue weighted by atomic mass is 16.3. The van der Waals surface area contributed by atoms with Crippen molar-refractivity contribution in [2.45, 2.75) is 0 Å². The van der Waals surface area contributed by atoms with Crippen molar-refractivity contribution in [3.8, 4) is 22.6 Å². The lowest BCUT2D eigenvalue weighted by Gasteiger charge is -2.06. The van der Waals surface area contributed by atoms with Crippen LogP contribution >= 0.6 is 0 Å². The minimum atomic E-state index is -0.166. The Labute approximate surface area is 173 Å². The third-order valence-electron chi connectivity index (χ3n) is 4.92. The number of amides is 1. The van der Waals surface area contributed by atoms with Crippen molar-refractivity contribution >= 4 is 22.7 Å². The molecule has 144 valence electrons. The fourth-order valence-electron chi connectivity index (χ4n) is 3.36.